The largest absolute Gasteiger partial charge is 0.493 e. The molecule has 2 atom stereocenters. The van der Waals surface area contributed by atoms with Crippen molar-refractivity contribution in [3.63, 3.8) is 0 Å². The minimum atomic E-state index is -1.16. The number of carbonyl (C=O) groups is 2. The highest BCUT2D eigenvalue weighted by Crippen LogP contribution is 2.64. The summed E-state index contributed by atoms with van der Waals surface area (Å²) in [4.78, 5) is 25.6. The van der Waals surface area contributed by atoms with E-state index in [1.54, 1.807) is 6.07 Å². The van der Waals surface area contributed by atoms with Crippen LogP contribution in [0.1, 0.15) is 73.2 Å². The number of hydrogen-bond donors (Lipinski definition) is 1. The Morgan fingerprint density at radius 3 is 2.55 bits per heavy atom. The van der Waals surface area contributed by atoms with Crippen LogP contribution in [0.25, 0.3) is 0 Å². The highest BCUT2D eigenvalue weighted by Gasteiger charge is 2.56. The molecule has 1 N–H and O–H groups in total. The number of amides is 1. The van der Waals surface area contributed by atoms with Crippen molar-refractivity contribution in [1.29, 1.82) is 0 Å². The third kappa shape index (κ3) is 3.17. The van der Waals surface area contributed by atoms with Gasteiger partial charge in [0.1, 0.15) is 17.3 Å². The fourth-order valence-electron chi connectivity index (χ4n) is 7.08. The molecule has 5 saturated carbocycles. The average Bonchev–Trinajstić information content (AvgIpc) is 3.30. The molecule has 1 aliphatic heterocycles. The van der Waals surface area contributed by atoms with Gasteiger partial charge in [-0.1, -0.05) is 6.08 Å². The van der Waals surface area contributed by atoms with Gasteiger partial charge in [0.2, 0.25) is 0 Å². The molecule has 6 heteroatoms. The van der Waals surface area contributed by atoms with Crippen molar-refractivity contribution in [2.45, 2.75) is 57.3 Å². The van der Waals surface area contributed by atoms with Crippen LogP contribution in [0.2, 0.25) is 0 Å². The zero-order chi connectivity index (χ0) is 21.3. The Hall–Kier alpha value is -2.37. The lowest BCUT2D eigenvalue weighted by Gasteiger charge is -2.38. The lowest BCUT2D eigenvalue weighted by Crippen LogP contribution is -2.33. The van der Waals surface area contributed by atoms with Gasteiger partial charge in [-0.25, -0.2) is 9.18 Å². The number of rotatable bonds is 6. The van der Waals surface area contributed by atoms with E-state index in [1.807, 2.05) is 0 Å². The van der Waals surface area contributed by atoms with Crippen molar-refractivity contribution in [3.05, 3.63) is 40.8 Å². The lowest BCUT2D eigenvalue weighted by atomic mass is 9.70. The molecule has 5 nitrogen and oxygen atoms in total. The van der Waals surface area contributed by atoms with E-state index in [0.29, 0.717) is 24.7 Å². The monoisotopic (exact) mass is 425 g/mol. The Kier molecular flexibility index (Phi) is 4.25. The number of aliphatic carboxylic acids is 1. The molecule has 5 fully saturated rings. The molecule has 1 aromatic rings. The van der Waals surface area contributed by atoms with Gasteiger partial charge in [-0.2, -0.15) is 0 Å². The second kappa shape index (κ2) is 6.81. The molecule has 4 bridgehead atoms. The fraction of sp³-hybridized carbons (Fsp3) is 0.600. The van der Waals surface area contributed by atoms with Crippen molar-refractivity contribution in [2.24, 2.45) is 23.2 Å². The number of carbonyl (C=O) groups excluding carboxylic acids is 1. The normalized spacial score (nSPS) is 33.1. The summed E-state index contributed by atoms with van der Waals surface area (Å²) in [5.74, 6) is 1.06. The molecule has 1 amide bonds. The molecule has 0 radical (unpaired) electrons. The van der Waals surface area contributed by atoms with E-state index < -0.39 is 17.7 Å². The Bertz CT molecular complexity index is 978. The van der Waals surface area contributed by atoms with Crippen LogP contribution in [0.5, 0.6) is 5.75 Å². The standard InChI is InChI=1S/C25H28FNO4/c26-20-9-22(31-13-25-10-14-6-16(11-25)17(7-14)12-25)18(15-3-4-15)8-19(20)23(28)27-5-1-2-21(27)24(29)30/h2,8-9,14-17H,1,3-7,10-13H2,(H,29,30). The molecule has 6 aliphatic rings. The Morgan fingerprint density at radius 1 is 1.16 bits per heavy atom. The number of carboxylic acid groups (broad SMARTS) is 1. The molecular weight excluding hydrogens is 397 g/mol. The second-order valence-electron chi connectivity index (χ2n) is 10.5. The van der Waals surface area contributed by atoms with E-state index in [1.165, 1.54) is 49.1 Å². The second-order valence-corrected chi connectivity index (χ2v) is 10.5. The van der Waals surface area contributed by atoms with Gasteiger partial charge >= 0.3 is 5.97 Å². The molecule has 1 aromatic carbocycles. The summed E-state index contributed by atoms with van der Waals surface area (Å²) in [6, 6.07) is 2.99. The fourth-order valence-corrected chi connectivity index (χ4v) is 7.08. The summed E-state index contributed by atoms with van der Waals surface area (Å²) in [7, 11) is 0. The van der Waals surface area contributed by atoms with Gasteiger partial charge in [-0.15, -0.1) is 0 Å². The van der Waals surface area contributed by atoms with Gasteiger partial charge in [0.15, 0.2) is 0 Å². The van der Waals surface area contributed by atoms with E-state index in [4.69, 9.17) is 4.74 Å². The predicted octanol–water partition coefficient (Wildman–Crippen LogP) is 4.72. The van der Waals surface area contributed by atoms with Gasteiger partial charge in [-0.05, 0) is 86.7 Å². The third-order valence-electron chi connectivity index (χ3n) is 8.38. The number of hydrogen-bond acceptors (Lipinski definition) is 3. The first-order valence-electron chi connectivity index (χ1n) is 11.6. The number of benzene rings is 1. The average molecular weight is 426 g/mol. The van der Waals surface area contributed by atoms with Crippen molar-refractivity contribution in [1.82, 2.24) is 4.90 Å². The van der Waals surface area contributed by atoms with Crippen LogP contribution in [0.3, 0.4) is 0 Å². The summed E-state index contributed by atoms with van der Waals surface area (Å²) in [5.41, 5.74) is 1.03. The van der Waals surface area contributed by atoms with Crippen LogP contribution in [0, 0.1) is 29.0 Å². The maximum atomic E-state index is 15.1. The zero-order valence-corrected chi connectivity index (χ0v) is 17.6. The SMILES string of the molecule is O=C(O)C1=CCCN1C(=O)c1cc(C2CC2)c(OCC23CC4CC(C2)C(C4)C3)cc1F. The lowest BCUT2D eigenvalue weighted by molar-refractivity contribution is -0.134. The maximum Gasteiger partial charge on any atom is 0.352 e. The molecule has 0 aromatic heterocycles. The number of nitrogens with zero attached hydrogens (tertiary/aromatic N) is 1. The van der Waals surface area contributed by atoms with Gasteiger partial charge in [-0.3, -0.25) is 4.79 Å². The zero-order valence-electron chi connectivity index (χ0n) is 17.6. The predicted molar refractivity (Wildman–Crippen MR) is 111 cm³/mol. The molecule has 5 aliphatic carbocycles. The molecule has 31 heavy (non-hydrogen) atoms. The molecule has 7 rings (SSSR count). The minimum absolute atomic E-state index is 0.0543. The van der Waals surface area contributed by atoms with Crippen molar-refractivity contribution < 1.29 is 23.8 Å². The highest BCUT2D eigenvalue weighted by molar-refractivity contribution is 6.01. The molecule has 164 valence electrons. The molecule has 0 saturated heterocycles. The summed E-state index contributed by atoms with van der Waals surface area (Å²) in [6.45, 7) is 0.907. The Labute approximate surface area is 181 Å². The van der Waals surface area contributed by atoms with Gasteiger partial charge < -0.3 is 14.7 Å². The van der Waals surface area contributed by atoms with Crippen molar-refractivity contribution in [3.8, 4) is 5.75 Å². The first-order chi connectivity index (χ1) is 14.9. The molecule has 1 heterocycles. The van der Waals surface area contributed by atoms with Crippen LogP contribution >= 0.6 is 0 Å². The maximum absolute atomic E-state index is 15.1. The van der Waals surface area contributed by atoms with Crippen molar-refractivity contribution >= 4 is 11.9 Å². The van der Waals surface area contributed by atoms with Gasteiger partial charge in [0.25, 0.3) is 5.91 Å². The van der Waals surface area contributed by atoms with E-state index in [9.17, 15) is 14.7 Å². The first kappa shape index (κ1) is 19.3. The molecular formula is C25H28FNO4. The van der Waals surface area contributed by atoms with E-state index in [2.05, 4.69) is 0 Å². The van der Waals surface area contributed by atoms with Crippen molar-refractivity contribution in [2.75, 3.05) is 13.2 Å². The van der Waals surface area contributed by atoms with Gasteiger partial charge in [0.05, 0.1) is 12.2 Å². The number of halogens is 1. The van der Waals surface area contributed by atoms with Crippen LogP contribution in [0.4, 0.5) is 4.39 Å². The van der Waals surface area contributed by atoms with Crippen LogP contribution in [-0.2, 0) is 4.79 Å². The molecule has 2 unspecified atom stereocenters. The number of ether oxygens (including phenoxy) is 1. The Morgan fingerprint density at radius 2 is 1.90 bits per heavy atom. The minimum Gasteiger partial charge on any atom is -0.493 e. The van der Waals surface area contributed by atoms with E-state index in [0.717, 1.165) is 36.2 Å². The summed E-state index contributed by atoms with van der Waals surface area (Å²) < 4.78 is 21.4. The molecule has 0 spiro atoms. The Balaban J connectivity index is 1.25. The van der Waals surface area contributed by atoms with Gasteiger partial charge in [0, 0.05) is 18.0 Å². The third-order valence-corrected chi connectivity index (χ3v) is 8.38. The van der Waals surface area contributed by atoms with Crippen LogP contribution in [-0.4, -0.2) is 35.0 Å². The summed E-state index contributed by atoms with van der Waals surface area (Å²) in [5, 5.41) is 9.34. The van der Waals surface area contributed by atoms with Crippen LogP contribution < -0.4 is 4.74 Å². The first-order valence-corrected chi connectivity index (χ1v) is 11.6. The quantitative estimate of drug-likeness (QED) is 0.716. The summed E-state index contributed by atoms with van der Waals surface area (Å²) in [6.07, 6.45) is 10.5. The topological polar surface area (TPSA) is 66.8 Å². The van der Waals surface area contributed by atoms with E-state index >= 15 is 4.39 Å². The number of carboxylic acids is 1. The smallest absolute Gasteiger partial charge is 0.352 e. The van der Waals surface area contributed by atoms with E-state index in [-0.39, 0.29) is 23.2 Å². The van der Waals surface area contributed by atoms with Crippen LogP contribution in [0.15, 0.2) is 23.9 Å². The summed E-state index contributed by atoms with van der Waals surface area (Å²) >= 11 is 0. The highest BCUT2D eigenvalue weighted by atomic mass is 19.1.